The fourth-order valence-corrected chi connectivity index (χ4v) is 3.21. The molecular formula is C20H23ClN4O2S. The smallest absolute Gasteiger partial charge is 0.198 e. The van der Waals surface area contributed by atoms with Crippen LogP contribution in [0.5, 0.6) is 11.5 Å². The second-order valence-electron chi connectivity index (χ2n) is 6.48. The van der Waals surface area contributed by atoms with Gasteiger partial charge < -0.3 is 14.0 Å². The molecule has 0 radical (unpaired) electrons. The second-order valence-corrected chi connectivity index (χ2v) is 7.26. The Morgan fingerprint density at radius 3 is 2.71 bits per heavy atom. The molecule has 0 amide bonds. The van der Waals surface area contributed by atoms with Gasteiger partial charge in [0.25, 0.3) is 0 Å². The molecule has 0 atom stereocenters. The first-order valence-electron chi connectivity index (χ1n) is 8.79. The van der Waals surface area contributed by atoms with Gasteiger partial charge in [-0.25, -0.2) is 4.68 Å². The van der Waals surface area contributed by atoms with E-state index in [4.69, 9.17) is 33.3 Å². The van der Waals surface area contributed by atoms with E-state index in [1.54, 1.807) is 17.9 Å². The molecule has 0 bridgehead atoms. The van der Waals surface area contributed by atoms with Gasteiger partial charge in [-0.05, 0) is 49.1 Å². The van der Waals surface area contributed by atoms with Crippen LogP contribution in [0.3, 0.4) is 0 Å². The van der Waals surface area contributed by atoms with Gasteiger partial charge in [-0.15, -0.1) is 0 Å². The Bertz CT molecular complexity index is 1000. The third kappa shape index (κ3) is 4.92. The molecule has 0 fully saturated rings. The quantitative estimate of drug-likeness (QED) is 0.511. The van der Waals surface area contributed by atoms with E-state index in [0.717, 1.165) is 23.7 Å². The molecule has 28 heavy (non-hydrogen) atoms. The number of methoxy groups -OCH3 is 1. The van der Waals surface area contributed by atoms with Crippen LogP contribution < -0.4 is 9.47 Å². The molecule has 1 aromatic heterocycles. The summed E-state index contributed by atoms with van der Waals surface area (Å²) in [6.07, 6.45) is 0. The van der Waals surface area contributed by atoms with Crippen molar-refractivity contribution in [3.05, 3.63) is 69.7 Å². The lowest BCUT2D eigenvalue weighted by Crippen LogP contribution is -2.22. The molecule has 1 heterocycles. The van der Waals surface area contributed by atoms with E-state index in [2.05, 4.69) is 16.1 Å². The van der Waals surface area contributed by atoms with Gasteiger partial charge in [0, 0.05) is 13.6 Å². The SMILES string of the molecule is COc1cccc(CN(C)Cn2nc(COc3ccccc3Cl)n(C)c2=S)c1. The number of hydrogen-bond acceptors (Lipinski definition) is 5. The van der Waals surface area contributed by atoms with Crippen molar-refractivity contribution in [2.45, 2.75) is 19.8 Å². The van der Waals surface area contributed by atoms with Crippen molar-refractivity contribution in [3.63, 3.8) is 0 Å². The van der Waals surface area contributed by atoms with Crippen molar-refractivity contribution in [1.82, 2.24) is 19.2 Å². The first-order chi connectivity index (χ1) is 13.5. The van der Waals surface area contributed by atoms with E-state index in [9.17, 15) is 0 Å². The van der Waals surface area contributed by atoms with Crippen molar-refractivity contribution in [1.29, 1.82) is 0 Å². The number of hydrogen-bond donors (Lipinski definition) is 0. The fraction of sp³-hybridized carbons (Fsp3) is 0.300. The molecule has 2 aromatic carbocycles. The highest BCUT2D eigenvalue weighted by atomic mass is 35.5. The third-order valence-electron chi connectivity index (χ3n) is 4.29. The number of halogens is 1. The van der Waals surface area contributed by atoms with Crippen LogP contribution in [0.1, 0.15) is 11.4 Å². The van der Waals surface area contributed by atoms with Crippen LogP contribution in [0.25, 0.3) is 0 Å². The van der Waals surface area contributed by atoms with Crippen LogP contribution in [0.15, 0.2) is 48.5 Å². The first kappa shape index (κ1) is 20.4. The third-order valence-corrected chi connectivity index (χ3v) is 5.08. The number of nitrogens with zero attached hydrogens (tertiary/aromatic N) is 4. The topological polar surface area (TPSA) is 44.4 Å². The standard InChI is InChI=1S/C20H23ClN4O2S/c1-23(12-15-7-6-8-16(11-15)26-3)14-25-20(28)24(2)19(22-25)13-27-18-10-5-4-9-17(18)21/h4-11H,12-14H2,1-3H3. The Morgan fingerprint density at radius 1 is 1.18 bits per heavy atom. The normalized spacial score (nSPS) is 11.0. The summed E-state index contributed by atoms with van der Waals surface area (Å²) < 4.78 is 15.4. The van der Waals surface area contributed by atoms with E-state index in [1.165, 1.54) is 0 Å². The molecule has 0 aliphatic carbocycles. The van der Waals surface area contributed by atoms with Gasteiger partial charge in [-0.3, -0.25) is 4.90 Å². The maximum absolute atomic E-state index is 6.14. The van der Waals surface area contributed by atoms with Gasteiger partial charge in [0.2, 0.25) is 0 Å². The molecule has 0 spiro atoms. The van der Waals surface area contributed by atoms with Gasteiger partial charge in [0.15, 0.2) is 10.6 Å². The molecule has 0 N–H and O–H groups in total. The van der Waals surface area contributed by atoms with Crippen LogP contribution in [-0.4, -0.2) is 33.4 Å². The number of ether oxygens (including phenoxy) is 2. The lowest BCUT2D eigenvalue weighted by molar-refractivity contribution is 0.240. The van der Waals surface area contributed by atoms with Gasteiger partial charge in [-0.1, -0.05) is 35.9 Å². The molecule has 0 unspecified atom stereocenters. The van der Waals surface area contributed by atoms with Crippen LogP contribution in [0.2, 0.25) is 5.02 Å². The van der Waals surface area contributed by atoms with Crippen molar-refractivity contribution in [2.75, 3.05) is 14.2 Å². The summed E-state index contributed by atoms with van der Waals surface area (Å²) in [7, 11) is 5.58. The number of para-hydroxylation sites is 1. The summed E-state index contributed by atoms with van der Waals surface area (Å²) in [5, 5.41) is 5.18. The van der Waals surface area contributed by atoms with Crippen LogP contribution in [0.4, 0.5) is 0 Å². The van der Waals surface area contributed by atoms with Gasteiger partial charge in [0.05, 0.1) is 18.8 Å². The van der Waals surface area contributed by atoms with E-state index >= 15 is 0 Å². The Kier molecular flexibility index (Phi) is 6.72. The van der Waals surface area contributed by atoms with E-state index in [-0.39, 0.29) is 6.61 Å². The lowest BCUT2D eigenvalue weighted by atomic mass is 10.2. The van der Waals surface area contributed by atoms with Crippen molar-refractivity contribution in [2.24, 2.45) is 7.05 Å². The summed E-state index contributed by atoms with van der Waals surface area (Å²) in [6.45, 7) is 1.60. The predicted octanol–water partition coefficient (Wildman–Crippen LogP) is 4.28. The fourth-order valence-electron chi connectivity index (χ4n) is 2.82. The average molecular weight is 419 g/mol. The van der Waals surface area contributed by atoms with Crippen molar-refractivity contribution >= 4 is 23.8 Å². The molecule has 0 saturated carbocycles. The number of aromatic nitrogens is 3. The van der Waals surface area contributed by atoms with Gasteiger partial charge in [0.1, 0.15) is 18.1 Å². The monoisotopic (exact) mass is 418 g/mol. The molecule has 0 saturated heterocycles. The van der Waals surface area contributed by atoms with E-state index in [0.29, 0.717) is 22.2 Å². The molecule has 8 heteroatoms. The summed E-state index contributed by atoms with van der Waals surface area (Å²) in [4.78, 5) is 2.14. The molecule has 0 aliphatic rings. The van der Waals surface area contributed by atoms with Gasteiger partial charge >= 0.3 is 0 Å². The summed E-state index contributed by atoms with van der Waals surface area (Å²) in [5.41, 5.74) is 1.16. The predicted molar refractivity (Wildman–Crippen MR) is 112 cm³/mol. The lowest BCUT2D eigenvalue weighted by Gasteiger charge is -2.16. The minimum Gasteiger partial charge on any atom is -0.497 e. The Morgan fingerprint density at radius 2 is 1.96 bits per heavy atom. The molecule has 148 valence electrons. The Balaban J connectivity index is 1.66. The summed E-state index contributed by atoms with van der Waals surface area (Å²) >= 11 is 11.7. The Labute approximate surface area is 174 Å². The largest absolute Gasteiger partial charge is 0.497 e. The highest BCUT2D eigenvalue weighted by molar-refractivity contribution is 7.71. The zero-order valence-corrected chi connectivity index (χ0v) is 17.7. The molecule has 3 rings (SSSR count). The van der Waals surface area contributed by atoms with E-state index in [1.807, 2.05) is 55.1 Å². The summed E-state index contributed by atoms with van der Waals surface area (Å²) in [5.74, 6) is 2.21. The summed E-state index contributed by atoms with van der Waals surface area (Å²) in [6, 6.07) is 15.4. The van der Waals surface area contributed by atoms with Crippen molar-refractivity contribution in [3.8, 4) is 11.5 Å². The van der Waals surface area contributed by atoms with Crippen LogP contribution in [0, 0.1) is 4.77 Å². The average Bonchev–Trinajstić information content (AvgIpc) is 2.95. The number of benzene rings is 2. The van der Waals surface area contributed by atoms with Gasteiger partial charge in [-0.2, -0.15) is 5.10 Å². The first-order valence-corrected chi connectivity index (χ1v) is 9.58. The molecule has 3 aromatic rings. The molecule has 0 aliphatic heterocycles. The maximum Gasteiger partial charge on any atom is 0.198 e. The van der Waals surface area contributed by atoms with Crippen molar-refractivity contribution < 1.29 is 9.47 Å². The van der Waals surface area contributed by atoms with E-state index < -0.39 is 0 Å². The minimum absolute atomic E-state index is 0.288. The molecular weight excluding hydrogens is 396 g/mol. The minimum atomic E-state index is 0.288. The zero-order valence-electron chi connectivity index (χ0n) is 16.1. The van der Waals surface area contributed by atoms with Crippen LogP contribution >= 0.6 is 23.8 Å². The Hall–Kier alpha value is -2.35. The van der Waals surface area contributed by atoms with Crippen LogP contribution in [-0.2, 0) is 26.9 Å². The second kappa shape index (κ2) is 9.23. The zero-order chi connectivity index (χ0) is 20.1. The molecule has 6 nitrogen and oxygen atoms in total. The highest BCUT2D eigenvalue weighted by Crippen LogP contribution is 2.24. The number of rotatable bonds is 8. The maximum atomic E-state index is 6.14. The highest BCUT2D eigenvalue weighted by Gasteiger charge is 2.11.